The van der Waals surface area contributed by atoms with Crippen LogP contribution in [-0.2, 0) is 24.1 Å². The highest BCUT2D eigenvalue weighted by atomic mass is 16.2. The van der Waals surface area contributed by atoms with E-state index in [1.807, 2.05) is 35.2 Å². The van der Waals surface area contributed by atoms with E-state index in [0.29, 0.717) is 12.3 Å². The summed E-state index contributed by atoms with van der Waals surface area (Å²) >= 11 is 0. The van der Waals surface area contributed by atoms with Crippen LogP contribution in [-0.4, -0.2) is 68.6 Å². The first-order valence-corrected chi connectivity index (χ1v) is 12.0. The van der Waals surface area contributed by atoms with Crippen LogP contribution < -0.4 is 0 Å². The number of carbonyl (C=O) groups is 1. The number of carbonyl (C=O) groups excluding carboxylic acids is 1. The molecule has 1 unspecified atom stereocenters. The van der Waals surface area contributed by atoms with E-state index in [4.69, 9.17) is 0 Å². The standard InChI is InChI=1S/C26H29N7O/c27-18-22-2-6-23-5-1-21(15-24(23)16-22)9-10-31-11-13-32(14-12-31)26(34)17-20-3-7-25(8-4-20)33-19-28-29-30-33/h2-4,6-8,16,19,21H,1,5,9-15,17H2. The summed E-state index contributed by atoms with van der Waals surface area (Å²) in [7, 11) is 0. The van der Waals surface area contributed by atoms with E-state index >= 15 is 0 Å². The molecule has 2 aliphatic rings. The van der Waals surface area contributed by atoms with Crippen molar-refractivity contribution in [3.8, 4) is 11.8 Å². The molecular formula is C26H29N7O. The molecule has 1 saturated heterocycles. The molecule has 34 heavy (non-hydrogen) atoms. The van der Waals surface area contributed by atoms with Gasteiger partial charge in [-0.2, -0.15) is 5.26 Å². The quantitative estimate of drug-likeness (QED) is 0.567. The molecule has 1 amide bonds. The fourth-order valence-electron chi connectivity index (χ4n) is 5.07. The second kappa shape index (κ2) is 10.1. The zero-order chi connectivity index (χ0) is 23.3. The number of aryl methyl sites for hydroxylation is 1. The lowest BCUT2D eigenvalue weighted by molar-refractivity contribution is -0.132. The van der Waals surface area contributed by atoms with Gasteiger partial charge in [0, 0.05) is 26.2 Å². The van der Waals surface area contributed by atoms with E-state index in [-0.39, 0.29) is 5.91 Å². The number of hydrogen-bond acceptors (Lipinski definition) is 6. The number of amides is 1. The summed E-state index contributed by atoms with van der Waals surface area (Å²) in [5, 5.41) is 20.4. The minimum absolute atomic E-state index is 0.187. The lowest BCUT2D eigenvalue weighted by Gasteiger charge is -2.36. The summed E-state index contributed by atoms with van der Waals surface area (Å²) in [6.45, 7) is 4.54. The molecule has 2 aromatic carbocycles. The molecule has 8 nitrogen and oxygen atoms in total. The van der Waals surface area contributed by atoms with E-state index in [2.05, 4.69) is 38.6 Å². The number of aromatic nitrogens is 4. The van der Waals surface area contributed by atoms with Crippen molar-refractivity contribution in [2.24, 2.45) is 5.92 Å². The van der Waals surface area contributed by atoms with E-state index in [0.717, 1.165) is 62.4 Å². The number of hydrogen-bond donors (Lipinski definition) is 0. The third-order valence-electron chi connectivity index (χ3n) is 7.15. The summed E-state index contributed by atoms with van der Waals surface area (Å²) in [4.78, 5) is 17.3. The maximum Gasteiger partial charge on any atom is 0.227 e. The Balaban J connectivity index is 1.06. The van der Waals surface area contributed by atoms with Gasteiger partial charge >= 0.3 is 0 Å². The fourth-order valence-corrected chi connectivity index (χ4v) is 5.07. The Bertz CT molecular complexity index is 1160. The minimum atomic E-state index is 0.187. The molecule has 1 fully saturated rings. The van der Waals surface area contributed by atoms with Gasteiger partial charge in [-0.05, 0) is 89.5 Å². The fraction of sp³-hybridized carbons (Fsp3) is 0.423. The Labute approximate surface area is 199 Å². The van der Waals surface area contributed by atoms with Crippen LogP contribution >= 0.6 is 0 Å². The zero-order valence-corrected chi connectivity index (χ0v) is 19.3. The highest BCUT2D eigenvalue weighted by molar-refractivity contribution is 5.79. The largest absolute Gasteiger partial charge is 0.340 e. The molecule has 1 aliphatic carbocycles. The lowest BCUT2D eigenvalue weighted by Crippen LogP contribution is -2.49. The number of nitriles is 1. The van der Waals surface area contributed by atoms with Crippen LogP contribution in [0.25, 0.3) is 5.69 Å². The molecule has 0 saturated carbocycles. The number of benzene rings is 2. The lowest BCUT2D eigenvalue weighted by atomic mass is 9.81. The summed E-state index contributed by atoms with van der Waals surface area (Å²) in [5.74, 6) is 0.865. The molecular weight excluding hydrogens is 426 g/mol. The molecule has 0 N–H and O–H groups in total. The first-order valence-electron chi connectivity index (χ1n) is 12.0. The van der Waals surface area contributed by atoms with Crippen LogP contribution in [0.1, 0.15) is 35.1 Å². The molecule has 5 rings (SSSR count). The van der Waals surface area contributed by atoms with Gasteiger partial charge in [0.1, 0.15) is 6.33 Å². The molecule has 0 radical (unpaired) electrons. The summed E-state index contributed by atoms with van der Waals surface area (Å²) in [6, 6.07) is 16.2. The van der Waals surface area contributed by atoms with Crippen molar-refractivity contribution in [2.75, 3.05) is 32.7 Å². The van der Waals surface area contributed by atoms with Gasteiger partial charge < -0.3 is 4.90 Å². The third kappa shape index (κ3) is 5.15. The Morgan fingerprint density at radius 1 is 1.06 bits per heavy atom. The van der Waals surface area contributed by atoms with E-state index in [1.165, 1.54) is 24.0 Å². The van der Waals surface area contributed by atoms with Crippen molar-refractivity contribution in [3.63, 3.8) is 0 Å². The normalized spacial score (nSPS) is 18.3. The highest BCUT2D eigenvalue weighted by Crippen LogP contribution is 2.28. The number of fused-ring (bicyclic) bond motifs is 1. The van der Waals surface area contributed by atoms with Crippen LogP contribution in [0.2, 0.25) is 0 Å². The predicted octanol–water partition coefficient (Wildman–Crippen LogP) is 2.42. The average molecular weight is 456 g/mol. The summed E-state index contributed by atoms with van der Waals surface area (Å²) < 4.78 is 1.60. The molecule has 0 spiro atoms. The Morgan fingerprint density at radius 3 is 2.62 bits per heavy atom. The van der Waals surface area contributed by atoms with Crippen molar-refractivity contribution in [1.82, 2.24) is 30.0 Å². The van der Waals surface area contributed by atoms with Crippen LogP contribution in [0.15, 0.2) is 48.8 Å². The first-order chi connectivity index (χ1) is 16.7. The second-order valence-electron chi connectivity index (χ2n) is 9.31. The number of nitrogens with zero attached hydrogens (tertiary/aromatic N) is 7. The van der Waals surface area contributed by atoms with Crippen molar-refractivity contribution >= 4 is 5.91 Å². The summed E-state index contributed by atoms with van der Waals surface area (Å²) in [6.07, 6.45) is 6.57. The highest BCUT2D eigenvalue weighted by Gasteiger charge is 2.23. The molecule has 8 heteroatoms. The maximum atomic E-state index is 12.8. The molecule has 2 heterocycles. The van der Waals surface area contributed by atoms with Crippen LogP contribution in [0.3, 0.4) is 0 Å². The van der Waals surface area contributed by atoms with Gasteiger partial charge in [-0.25, -0.2) is 4.68 Å². The zero-order valence-electron chi connectivity index (χ0n) is 19.3. The van der Waals surface area contributed by atoms with E-state index < -0.39 is 0 Å². The van der Waals surface area contributed by atoms with Gasteiger partial charge in [-0.3, -0.25) is 9.69 Å². The predicted molar refractivity (Wildman–Crippen MR) is 127 cm³/mol. The van der Waals surface area contributed by atoms with Crippen LogP contribution in [0.5, 0.6) is 0 Å². The van der Waals surface area contributed by atoms with E-state index in [9.17, 15) is 10.1 Å². The molecule has 174 valence electrons. The maximum absolute atomic E-state index is 12.8. The Kier molecular flexibility index (Phi) is 6.63. The van der Waals surface area contributed by atoms with Crippen molar-refractivity contribution in [2.45, 2.75) is 32.1 Å². The topological polar surface area (TPSA) is 90.9 Å². The van der Waals surface area contributed by atoms with Crippen molar-refractivity contribution in [3.05, 3.63) is 71.0 Å². The van der Waals surface area contributed by atoms with Crippen LogP contribution in [0.4, 0.5) is 0 Å². The number of rotatable bonds is 6. The van der Waals surface area contributed by atoms with Gasteiger partial charge in [-0.1, -0.05) is 18.2 Å². The Hall–Kier alpha value is -3.57. The van der Waals surface area contributed by atoms with Crippen molar-refractivity contribution in [1.29, 1.82) is 5.26 Å². The molecule has 0 bridgehead atoms. The van der Waals surface area contributed by atoms with Gasteiger partial charge in [0.25, 0.3) is 0 Å². The minimum Gasteiger partial charge on any atom is -0.340 e. The summed E-state index contributed by atoms with van der Waals surface area (Å²) in [5.41, 5.74) is 5.41. The molecule has 1 aromatic heterocycles. The molecule has 1 atom stereocenters. The second-order valence-corrected chi connectivity index (χ2v) is 9.31. The monoisotopic (exact) mass is 455 g/mol. The van der Waals surface area contributed by atoms with Gasteiger partial charge in [0.05, 0.1) is 23.7 Å². The van der Waals surface area contributed by atoms with Crippen molar-refractivity contribution < 1.29 is 4.79 Å². The van der Waals surface area contributed by atoms with Gasteiger partial charge in [-0.15, -0.1) is 5.10 Å². The van der Waals surface area contributed by atoms with Gasteiger partial charge in [0.15, 0.2) is 0 Å². The first kappa shape index (κ1) is 22.2. The third-order valence-corrected chi connectivity index (χ3v) is 7.15. The molecule has 3 aromatic rings. The van der Waals surface area contributed by atoms with E-state index in [1.54, 1.807) is 11.0 Å². The SMILES string of the molecule is N#Cc1ccc2c(c1)CC(CCN1CCN(C(=O)Cc3ccc(-n4cnnn4)cc3)CC1)CC2. The van der Waals surface area contributed by atoms with Gasteiger partial charge in [0.2, 0.25) is 5.91 Å². The average Bonchev–Trinajstić information content (AvgIpc) is 3.43. The number of piperazine rings is 1. The molecule has 1 aliphatic heterocycles. The Morgan fingerprint density at radius 2 is 1.88 bits per heavy atom. The smallest absolute Gasteiger partial charge is 0.227 e. The van der Waals surface area contributed by atoms with Crippen LogP contribution in [0, 0.1) is 17.2 Å². The number of tetrazole rings is 1.